The molecule has 27 heavy (non-hydrogen) atoms. The highest BCUT2D eigenvalue weighted by Gasteiger charge is 2.42. The van der Waals surface area contributed by atoms with Crippen LogP contribution in [0.2, 0.25) is 0 Å². The van der Waals surface area contributed by atoms with Gasteiger partial charge in [0.25, 0.3) is 0 Å². The van der Waals surface area contributed by atoms with Crippen LogP contribution >= 0.6 is 0 Å². The van der Waals surface area contributed by atoms with E-state index in [2.05, 4.69) is 27.7 Å². The van der Waals surface area contributed by atoms with Crippen LogP contribution in [0.1, 0.15) is 44.7 Å². The van der Waals surface area contributed by atoms with E-state index in [4.69, 9.17) is 0 Å². The lowest BCUT2D eigenvalue weighted by molar-refractivity contribution is -0.143. The molecule has 3 aliphatic heterocycles. The summed E-state index contributed by atoms with van der Waals surface area (Å²) in [6.45, 7) is 5.24. The summed E-state index contributed by atoms with van der Waals surface area (Å²) in [4.78, 5) is 36.3. The SMILES string of the molecule is CC1CC(C(=O)N2CCC3(CCC(=O)N(CCc4cnc[nH]4)C3)CC2)NN1. The van der Waals surface area contributed by atoms with Gasteiger partial charge in [-0.2, -0.15) is 0 Å². The predicted molar refractivity (Wildman–Crippen MR) is 100 cm³/mol. The number of carbonyl (C=O) groups is 2. The maximum atomic E-state index is 12.7. The van der Waals surface area contributed by atoms with E-state index >= 15 is 0 Å². The predicted octanol–water partition coefficient (Wildman–Crippen LogP) is 0.438. The number of hydrogen-bond acceptors (Lipinski definition) is 5. The number of piperidine rings is 2. The second kappa shape index (κ2) is 7.59. The largest absolute Gasteiger partial charge is 0.348 e. The zero-order chi connectivity index (χ0) is 18.9. The molecular weight excluding hydrogens is 344 g/mol. The van der Waals surface area contributed by atoms with Gasteiger partial charge in [0.05, 0.1) is 6.33 Å². The van der Waals surface area contributed by atoms with Crippen LogP contribution in [-0.4, -0.2) is 69.8 Å². The first-order valence-corrected chi connectivity index (χ1v) is 10.1. The number of nitrogens with zero attached hydrogens (tertiary/aromatic N) is 3. The molecular formula is C19H30N6O2. The first-order chi connectivity index (χ1) is 13.0. The van der Waals surface area contributed by atoms with Gasteiger partial charge in [-0.15, -0.1) is 0 Å². The number of nitrogens with one attached hydrogen (secondary N) is 3. The summed E-state index contributed by atoms with van der Waals surface area (Å²) >= 11 is 0. The summed E-state index contributed by atoms with van der Waals surface area (Å²) in [6, 6.07) is 0.232. The molecule has 8 heteroatoms. The second-order valence-corrected chi connectivity index (χ2v) is 8.45. The van der Waals surface area contributed by atoms with Gasteiger partial charge in [0.15, 0.2) is 0 Å². The van der Waals surface area contributed by atoms with Crippen molar-refractivity contribution in [2.75, 3.05) is 26.2 Å². The van der Waals surface area contributed by atoms with Crippen molar-refractivity contribution in [2.45, 2.75) is 57.5 Å². The molecule has 8 nitrogen and oxygen atoms in total. The van der Waals surface area contributed by atoms with E-state index in [-0.39, 0.29) is 23.3 Å². The molecule has 1 aromatic heterocycles. The molecule has 4 rings (SSSR count). The molecule has 3 N–H and O–H groups in total. The van der Waals surface area contributed by atoms with Crippen LogP contribution in [0, 0.1) is 5.41 Å². The van der Waals surface area contributed by atoms with E-state index in [1.54, 1.807) is 6.33 Å². The number of rotatable bonds is 4. The minimum absolute atomic E-state index is 0.104. The average molecular weight is 374 g/mol. The Balaban J connectivity index is 1.31. The Hall–Kier alpha value is -1.93. The van der Waals surface area contributed by atoms with E-state index in [9.17, 15) is 9.59 Å². The van der Waals surface area contributed by atoms with Crippen LogP contribution in [0.3, 0.4) is 0 Å². The number of aromatic nitrogens is 2. The lowest BCUT2D eigenvalue weighted by Crippen LogP contribution is -2.54. The molecule has 2 amide bonds. The van der Waals surface area contributed by atoms with Crippen molar-refractivity contribution < 1.29 is 9.59 Å². The van der Waals surface area contributed by atoms with Crippen molar-refractivity contribution in [3.05, 3.63) is 18.2 Å². The van der Waals surface area contributed by atoms with E-state index in [0.29, 0.717) is 12.5 Å². The van der Waals surface area contributed by atoms with Gasteiger partial charge in [-0.1, -0.05) is 0 Å². The molecule has 1 aromatic rings. The Kier molecular flexibility index (Phi) is 5.19. The summed E-state index contributed by atoms with van der Waals surface area (Å²) in [5, 5.41) is 0. The molecule has 3 fully saturated rings. The number of aromatic amines is 1. The van der Waals surface area contributed by atoms with Crippen LogP contribution < -0.4 is 10.9 Å². The minimum Gasteiger partial charge on any atom is -0.348 e. The highest BCUT2D eigenvalue weighted by atomic mass is 16.2. The molecule has 0 aliphatic carbocycles. The van der Waals surface area contributed by atoms with Gasteiger partial charge in [0.1, 0.15) is 6.04 Å². The fraction of sp³-hybridized carbons (Fsp3) is 0.737. The number of likely N-dealkylation sites (tertiary alicyclic amines) is 2. The van der Waals surface area contributed by atoms with Gasteiger partial charge in [-0.05, 0) is 38.0 Å². The molecule has 4 heterocycles. The van der Waals surface area contributed by atoms with Gasteiger partial charge >= 0.3 is 0 Å². The molecule has 2 atom stereocenters. The highest BCUT2D eigenvalue weighted by Crippen LogP contribution is 2.40. The second-order valence-electron chi connectivity index (χ2n) is 8.45. The van der Waals surface area contributed by atoms with Crippen LogP contribution in [0.25, 0.3) is 0 Å². The van der Waals surface area contributed by atoms with Crippen molar-refractivity contribution >= 4 is 11.8 Å². The molecule has 148 valence electrons. The van der Waals surface area contributed by atoms with Gasteiger partial charge in [-0.25, -0.2) is 10.4 Å². The van der Waals surface area contributed by atoms with Crippen molar-refractivity contribution in [2.24, 2.45) is 5.41 Å². The van der Waals surface area contributed by atoms with E-state index < -0.39 is 0 Å². The molecule has 0 radical (unpaired) electrons. The number of hydrogen-bond donors (Lipinski definition) is 3. The molecule has 0 saturated carbocycles. The highest BCUT2D eigenvalue weighted by molar-refractivity contribution is 5.82. The Morgan fingerprint density at radius 2 is 2.11 bits per heavy atom. The molecule has 1 spiro atoms. The zero-order valence-electron chi connectivity index (χ0n) is 16.0. The van der Waals surface area contributed by atoms with Crippen LogP contribution in [0.15, 0.2) is 12.5 Å². The molecule has 0 bridgehead atoms. The quantitative estimate of drug-likeness (QED) is 0.711. The maximum Gasteiger partial charge on any atom is 0.241 e. The monoisotopic (exact) mass is 374 g/mol. The first-order valence-electron chi connectivity index (χ1n) is 10.1. The summed E-state index contributed by atoms with van der Waals surface area (Å²) in [5.74, 6) is 0.471. The van der Waals surface area contributed by atoms with Crippen molar-refractivity contribution in [1.82, 2.24) is 30.6 Å². The number of amides is 2. The molecule has 0 aromatic carbocycles. The van der Waals surface area contributed by atoms with E-state index in [0.717, 1.165) is 64.0 Å². The number of carbonyl (C=O) groups excluding carboxylic acids is 2. The average Bonchev–Trinajstić information content (AvgIpc) is 3.34. The van der Waals surface area contributed by atoms with Gasteiger partial charge in [0.2, 0.25) is 11.8 Å². The Morgan fingerprint density at radius 3 is 2.78 bits per heavy atom. The number of hydrazine groups is 1. The number of H-pyrrole nitrogens is 1. The third kappa shape index (κ3) is 4.01. The van der Waals surface area contributed by atoms with Gasteiger partial charge < -0.3 is 14.8 Å². The third-order valence-corrected chi connectivity index (χ3v) is 6.48. The van der Waals surface area contributed by atoms with Crippen molar-refractivity contribution in [3.8, 4) is 0 Å². The van der Waals surface area contributed by atoms with Crippen molar-refractivity contribution in [3.63, 3.8) is 0 Å². The summed E-state index contributed by atoms with van der Waals surface area (Å²) in [6.07, 6.45) is 8.71. The number of imidazole rings is 1. The van der Waals surface area contributed by atoms with Gasteiger partial charge in [0, 0.05) is 57.0 Å². The smallest absolute Gasteiger partial charge is 0.241 e. The Labute approximate surface area is 160 Å². The molecule has 3 saturated heterocycles. The zero-order valence-corrected chi connectivity index (χ0v) is 16.0. The van der Waals surface area contributed by atoms with Crippen molar-refractivity contribution in [1.29, 1.82) is 0 Å². The normalized spacial score (nSPS) is 28.1. The summed E-state index contributed by atoms with van der Waals surface area (Å²) in [5.41, 5.74) is 7.49. The maximum absolute atomic E-state index is 12.7. The fourth-order valence-electron chi connectivity index (χ4n) is 4.69. The Bertz CT molecular complexity index is 668. The summed E-state index contributed by atoms with van der Waals surface area (Å²) < 4.78 is 0. The fourth-order valence-corrected chi connectivity index (χ4v) is 4.69. The minimum atomic E-state index is -0.104. The van der Waals surface area contributed by atoms with Gasteiger partial charge in [-0.3, -0.25) is 15.0 Å². The first kappa shape index (κ1) is 18.4. The van der Waals surface area contributed by atoms with Crippen LogP contribution in [0.5, 0.6) is 0 Å². The lowest BCUT2D eigenvalue weighted by Gasteiger charge is -2.47. The topological polar surface area (TPSA) is 93.4 Å². The summed E-state index contributed by atoms with van der Waals surface area (Å²) in [7, 11) is 0. The lowest BCUT2D eigenvalue weighted by atomic mass is 9.72. The Morgan fingerprint density at radius 1 is 1.30 bits per heavy atom. The van der Waals surface area contributed by atoms with Crippen LogP contribution in [-0.2, 0) is 16.0 Å². The van der Waals surface area contributed by atoms with Crippen LogP contribution in [0.4, 0.5) is 0 Å². The molecule has 2 unspecified atom stereocenters. The third-order valence-electron chi connectivity index (χ3n) is 6.48. The standard InChI is InChI=1S/C19H30N6O2/c1-14-10-16(23-22-14)18(27)24-8-5-19(6-9-24)4-2-17(26)25(12-19)7-3-15-11-20-13-21-15/h11,13-14,16,22-23H,2-10,12H2,1H3,(H,20,21). The van der Waals surface area contributed by atoms with E-state index in [1.165, 1.54) is 0 Å². The molecule has 3 aliphatic rings. The van der Waals surface area contributed by atoms with E-state index in [1.807, 2.05) is 16.0 Å².